The highest BCUT2D eigenvalue weighted by Gasteiger charge is 2.10. The third-order valence-corrected chi connectivity index (χ3v) is 2.69. The van der Waals surface area contributed by atoms with Crippen molar-refractivity contribution in [3.05, 3.63) is 35.6 Å². The van der Waals surface area contributed by atoms with Crippen molar-refractivity contribution in [3.8, 4) is 0 Å². The summed E-state index contributed by atoms with van der Waals surface area (Å²) in [7, 11) is 1.68. The van der Waals surface area contributed by atoms with Crippen LogP contribution in [-0.2, 0) is 4.74 Å². The molecule has 1 N–H and O–H groups in total. The van der Waals surface area contributed by atoms with Crippen molar-refractivity contribution in [1.29, 1.82) is 0 Å². The van der Waals surface area contributed by atoms with Gasteiger partial charge in [0.1, 0.15) is 5.82 Å². The number of aliphatic hydroxyl groups excluding tert-OH is 1. The highest BCUT2D eigenvalue weighted by molar-refractivity contribution is 5.20. The van der Waals surface area contributed by atoms with Crippen LogP contribution in [-0.4, -0.2) is 25.4 Å². The zero-order valence-corrected chi connectivity index (χ0v) is 9.66. The van der Waals surface area contributed by atoms with Crippen LogP contribution in [0.2, 0.25) is 0 Å². The fraction of sp³-hybridized carbons (Fsp3) is 0.538. The second-order valence-electron chi connectivity index (χ2n) is 3.92. The summed E-state index contributed by atoms with van der Waals surface area (Å²) in [6, 6.07) is 6.46. The molecule has 0 bridgehead atoms. The Labute approximate surface area is 96.1 Å². The lowest BCUT2D eigenvalue weighted by molar-refractivity contribution is 0.188. The van der Waals surface area contributed by atoms with E-state index in [9.17, 15) is 9.50 Å². The molecule has 2 nitrogen and oxygen atoms in total. The zero-order chi connectivity index (χ0) is 11.8. The van der Waals surface area contributed by atoms with Gasteiger partial charge in [-0.05, 0) is 30.5 Å². The highest BCUT2D eigenvalue weighted by atomic mass is 19.1. The minimum Gasteiger partial charge on any atom is -0.396 e. The van der Waals surface area contributed by atoms with Crippen LogP contribution >= 0.6 is 0 Å². The zero-order valence-electron chi connectivity index (χ0n) is 9.66. The maximum atomic E-state index is 13.0. The molecule has 90 valence electrons. The van der Waals surface area contributed by atoms with Gasteiger partial charge in [0.2, 0.25) is 0 Å². The van der Waals surface area contributed by atoms with Gasteiger partial charge in [0.25, 0.3) is 0 Å². The standard InChI is InChI=1S/C13H19FO2/c1-16-8-3-2-5-12(10-15)11-6-4-7-13(14)9-11/h4,6-7,9,12,15H,2-3,5,8,10H2,1H3. The van der Waals surface area contributed by atoms with E-state index in [0.29, 0.717) is 0 Å². The van der Waals surface area contributed by atoms with Gasteiger partial charge < -0.3 is 9.84 Å². The van der Waals surface area contributed by atoms with Crippen molar-refractivity contribution in [1.82, 2.24) is 0 Å². The second-order valence-corrected chi connectivity index (χ2v) is 3.92. The lowest BCUT2D eigenvalue weighted by Crippen LogP contribution is -2.05. The highest BCUT2D eigenvalue weighted by Crippen LogP contribution is 2.22. The molecule has 0 aliphatic heterocycles. The molecule has 0 amide bonds. The molecule has 0 radical (unpaired) electrons. The van der Waals surface area contributed by atoms with Crippen LogP contribution < -0.4 is 0 Å². The molecule has 1 atom stereocenters. The molecule has 0 aliphatic carbocycles. The summed E-state index contributed by atoms with van der Waals surface area (Å²) in [5.41, 5.74) is 0.875. The van der Waals surface area contributed by atoms with Gasteiger partial charge in [-0.3, -0.25) is 0 Å². The summed E-state index contributed by atoms with van der Waals surface area (Å²) >= 11 is 0. The van der Waals surface area contributed by atoms with Crippen LogP contribution in [0.5, 0.6) is 0 Å². The molecule has 16 heavy (non-hydrogen) atoms. The van der Waals surface area contributed by atoms with Gasteiger partial charge in [-0.15, -0.1) is 0 Å². The molecular formula is C13H19FO2. The quantitative estimate of drug-likeness (QED) is 0.724. The van der Waals surface area contributed by atoms with E-state index in [0.717, 1.165) is 31.4 Å². The third kappa shape index (κ3) is 4.29. The average molecular weight is 226 g/mol. The van der Waals surface area contributed by atoms with Gasteiger partial charge in [-0.2, -0.15) is 0 Å². The lowest BCUT2D eigenvalue weighted by Gasteiger charge is -2.14. The molecule has 1 unspecified atom stereocenters. The summed E-state index contributed by atoms with van der Waals surface area (Å²) < 4.78 is 18.0. The van der Waals surface area contributed by atoms with Crippen molar-refractivity contribution < 1.29 is 14.2 Å². The van der Waals surface area contributed by atoms with Gasteiger partial charge in [0.05, 0.1) is 0 Å². The van der Waals surface area contributed by atoms with Crippen molar-refractivity contribution in [2.45, 2.75) is 25.2 Å². The Morgan fingerprint density at radius 1 is 1.38 bits per heavy atom. The summed E-state index contributed by atoms with van der Waals surface area (Å²) in [4.78, 5) is 0. The van der Waals surface area contributed by atoms with Gasteiger partial charge in [0, 0.05) is 26.2 Å². The van der Waals surface area contributed by atoms with Crippen LogP contribution in [0.4, 0.5) is 4.39 Å². The molecule has 1 rings (SSSR count). The number of unbranched alkanes of at least 4 members (excludes halogenated alkanes) is 1. The Hall–Kier alpha value is -0.930. The van der Waals surface area contributed by atoms with Gasteiger partial charge in [-0.25, -0.2) is 4.39 Å². The molecule has 3 heteroatoms. The molecule has 0 saturated heterocycles. The number of aliphatic hydroxyl groups is 1. The normalized spacial score (nSPS) is 12.7. The average Bonchev–Trinajstić information content (AvgIpc) is 2.29. The number of hydrogen-bond donors (Lipinski definition) is 1. The van der Waals surface area contributed by atoms with Crippen LogP contribution in [0.1, 0.15) is 30.7 Å². The van der Waals surface area contributed by atoms with E-state index in [1.165, 1.54) is 12.1 Å². The minimum atomic E-state index is -0.243. The van der Waals surface area contributed by atoms with Crippen LogP contribution in [0.15, 0.2) is 24.3 Å². The number of benzene rings is 1. The first-order valence-corrected chi connectivity index (χ1v) is 5.63. The smallest absolute Gasteiger partial charge is 0.123 e. The molecule has 0 aliphatic rings. The molecule has 1 aromatic rings. The molecule has 1 aromatic carbocycles. The molecule has 0 fully saturated rings. The number of ether oxygens (including phenoxy) is 1. The first kappa shape index (κ1) is 13.1. The monoisotopic (exact) mass is 226 g/mol. The topological polar surface area (TPSA) is 29.5 Å². The summed E-state index contributed by atoms with van der Waals surface area (Å²) in [6.07, 6.45) is 2.82. The number of methoxy groups -OCH3 is 1. The Bertz CT molecular complexity index is 302. The predicted molar refractivity (Wildman–Crippen MR) is 62.0 cm³/mol. The van der Waals surface area contributed by atoms with E-state index in [1.807, 2.05) is 6.07 Å². The number of rotatable bonds is 7. The summed E-state index contributed by atoms with van der Waals surface area (Å²) in [5.74, 6) is -0.208. The number of halogens is 1. The van der Waals surface area contributed by atoms with E-state index in [1.54, 1.807) is 13.2 Å². The first-order chi connectivity index (χ1) is 7.77. The molecule has 0 saturated carbocycles. The summed E-state index contributed by atoms with van der Waals surface area (Å²) in [5, 5.41) is 9.27. The molecule has 0 spiro atoms. The van der Waals surface area contributed by atoms with E-state index < -0.39 is 0 Å². The predicted octanol–water partition coefficient (Wildman–Crippen LogP) is 2.72. The maximum absolute atomic E-state index is 13.0. The van der Waals surface area contributed by atoms with Crippen molar-refractivity contribution >= 4 is 0 Å². The minimum absolute atomic E-state index is 0.0348. The number of hydrogen-bond acceptors (Lipinski definition) is 2. The maximum Gasteiger partial charge on any atom is 0.123 e. The van der Waals surface area contributed by atoms with E-state index >= 15 is 0 Å². The summed E-state index contributed by atoms with van der Waals surface area (Å²) in [6.45, 7) is 0.803. The van der Waals surface area contributed by atoms with Crippen LogP contribution in [0, 0.1) is 5.82 Å². The Morgan fingerprint density at radius 2 is 2.19 bits per heavy atom. The molecule has 0 heterocycles. The Balaban J connectivity index is 2.47. The first-order valence-electron chi connectivity index (χ1n) is 5.63. The fourth-order valence-corrected chi connectivity index (χ4v) is 1.76. The third-order valence-electron chi connectivity index (χ3n) is 2.69. The van der Waals surface area contributed by atoms with Crippen LogP contribution in [0.25, 0.3) is 0 Å². The van der Waals surface area contributed by atoms with E-state index in [2.05, 4.69) is 0 Å². The molecule has 0 aromatic heterocycles. The van der Waals surface area contributed by atoms with Crippen molar-refractivity contribution in [2.24, 2.45) is 0 Å². The fourth-order valence-electron chi connectivity index (χ4n) is 1.76. The lowest BCUT2D eigenvalue weighted by atomic mass is 9.94. The van der Waals surface area contributed by atoms with Crippen LogP contribution in [0.3, 0.4) is 0 Å². The second kappa shape index (κ2) is 7.36. The van der Waals surface area contributed by atoms with Gasteiger partial charge >= 0.3 is 0 Å². The van der Waals surface area contributed by atoms with Crippen molar-refractivity contribution in [3.63, 3.8) is 0 Å². The Kier molecular flexibility index (Phi) is 6.04. The largest absolute Gasteiger partial charge is 0.396 e. The van der Waals surface area contributed by atoms with Gasteiger partial charge in [-0.1, -0.05) is 18.6 Å². The van der Waals surface area contributed by atoms with E-state index in [-0.39, 0.29) is 18.3 Å². The van der Waals surface area contributed by atoms with Crippen molar-refractivity contribution in [2.75, 3.05) is 20.3 Å². The van der Waals surface area contributed by atoms with E-state index in [4.69, 9.17) is 4.74 Å². The van der Waals surface area contributed by atoms with Gasteiger partial charge in [0.15, 0.2) is 0 Å². The Morgan fingerprint density at radius 3 is 2.81 bits per heavy atom. The SMILES string of the molecule is COCCCCC(CO)c1cccc(F)c1. The molecular weight excluding hydrogens is 207 g/mol.